The number of amides is 1. The van der Waals surface area contributed by atoms with Crippen molar-refractivity contribution in [3.05, 3.63) is 77.4 Å². The van der Waals surface area contributed by atoms with E-state index in [0.717, 1.165) is 16.9 Å². The Morgan fingerprint density at radius 3 is 2.57 bits per heavy atom. The van der Waals surface area contributed by atoms with Crippen LogP contribution in [0, 0.1) is 0 Å². The number of methoxy groups -OCH3 is 1. The van der Waals surface area contributed by atoms with Crippen molar-refractivity contribution in [2.24, 2.45) is 0 Å². The van der Waals surface area contributed by atoms with Gasteiger partial charge in [-0.05, 0) is 40.8 Å². The summed E-state index contributed by atoms with van der Waals surface area (Å²) in [7, 11) is -2.06. The highest BCUT2D eigenvalue weighted by Gasteiger charge is 2.30. The lowest BCUT2D eigenvalue weighted by Gasteiger charge is -2.18. The molecule has 28 heavy (non-hydrogen) atoms. The van der Waals surface area contributed by atoms with Gasteiger partial charge in [-0.15, -0.1) is 11.3 Å². The number of ether oxygens (including phenoxy) is 1. The van der Waals surface area contributed by atoms with E-state index >= 15 is 0 Å². The predicted molar refractivity (Wildman–Crippen MR) is 108 cm³/mol. The molecule has 0 aliphatic rings. The Morgan fingerprint density at radius 1 is 1.18 bits per heavy atom. The zero-order chi connectivity index (χ0) is 20.0. The first-order valence-electron chi connectivity index (χ1n) is 8.57. The Labute approximate surface area is 168 Å². The average molecular weight is 417 g/mol. The number of carbonyl (C=O) groups excluding carboxylic acids is 1. The van der Waals surface area contributed by atoms with Crippen LogP contribution in [0.25, 0.3) is 0 Å². The van der Waals surface area contributed by atoms with E-state index in [1.807, 2.05) is 0 Å². The van der Waals surface area contributed by atoms with Gasteiger partial charge < -0.3 is 10.1 Å². The highest BCUT2D eigenvalue weighted by atomic mass is 32.2. The van der Waals surface area contributed by atoms with Gasteiger partial charge in [0.05, 0.1) is 13.5 Å². The summed E-state index contributed by atoms with van der Waals surface area (Å²) in [4.78, 5) is 16.4. The van der Waals surface area contributed by atoms with E-state index in [9.17, 15) is 13.2 Å². The molecule has 0 aliphatic heterocycles. The first kappa shape index (κ1) is 20.0. The first-order valence-corrected chi connectivity index (χ1v) is 11.0. The van der Waals surface area contributed by atoms with Gasteiger partial charge in [0.25, 0.3) is 0 Å². The van der Waals surface area contributed by atoms with Gasteiger partial charge in [-0.3, -0.25) is 9.78 Å². The molecule has 6 nitrogen and oxygen atoms in total. The number of pyridine rings is 1. The molecule has 3 aromatic rings. The molecule has 1 atom stereocenters. The van der Waals surface area contributed by atoms with Gasteiger partial charge in [-0.2, -0.15) is 0 Å². The van der Waals surface area contributed by atoms with E-state index < -0.39 is 15.1 Å². The van der Waals surface area contributed by atoms with Gasteiger partial charge in [0.2, 0.25) is 5.91 Å². The van der Waals surface area contributed by atoms with Gasteiger partial charge in [0.1, 0.15) is 15.2 Å². The number of aromatic nitrogens is 1. The van der Waals surface area contributed by atoms with E-state index in [1.165, 1.54) is 6.20 Å². The first-order chi connectivity index (χ1) is 13.5. The van der Waals surface area contributed by atoms with Gasteiger partial charge in [0, 0.05) is 18.9 Å². The fourth-order valence-electron chi connectivity index (χ4n) is 2.74. The fraction of sp³-hybridized carbons (Fsp3) is 0.200. The van der Waals surface area contributed by atoms with Gasteiger partial charge in [0.15, 0.2) is 9.84 Å². The lowest BCUT2D eigenvalue weighted by molar-refractivity contribution is -0.120. The van der Waals surface area contributed by atoms with Crippen LogP contribution in [-0.2, 0) is 21.1 Å². The number of carbonyl (C=O) groups is 1. The zero-order valence-corrected chi connectivity index (χ0v) is 16.9. The second-order valence-corrected chi connectivity index (χ2v) is 9.39. The molecule has 2 aromatic heterocycles. The lowest BCUT2D eigenvalue weighted by Crippen LogP contribution is -2.32. The Balaban J connectivity index is 1.74. The number of hydrogen-bond donors (Lipinski definition) is 1. The normalized spacial score (nSPS) is 12.3. The molecule has 146 valence electrons. The molecule has 3 rings (SSSR count). The van der Waals surface area contributed by atoms with Crippen LogP contribution in [0.2, 0.25) is 0 Å². The molecular weight excluding hydrogens is 396 g/mol. The number of hydrogen-bond acceptors (Lipinski definition) is 6. The van der Waals surface area contributed by atoms with Crippen LogP contribution in [0.5, 0.6) is 5.75 Å². The summed E-state index contributed by atoms with van der Waals surface area (Å²) in [6.07, 6.45) is 3.26. The van der Waals surface area contributed by atoms with Crippen LogP contribution in [0.3, 0.4) is 0 Å². The van der Waals surface area contributed by atoms with Crippen LogP contribution in [-0.4, -0.2) is 33.0 Å². The molecule has 0 saturated carbocycles. The highest BCUT2D eigenvalue weighted by molar-refractivity contribution is 7.93. The van der Waals surface area contributed by atoms with Crippen molar-refractivity contribution in [3.8, 4) is 5.75 Å². The topological polar surface area (TPSA) is 85.4 Å². The quantitative estimate of drug-likeness (QED) is 0.610. The number of sulfone groups is 1. The van der Waals surface area contributed by atoms with E-state index in [4.69, 9.17) is 4.74 Å². The highest BCUT2D eigenvalue weighted by Crippen LogP contribution is 2.30. The Morgan fingerprint density at radius 2 is 1.96 bits per heavy atom. The molecule has 0 fully saturated rings. The Kier molecular flexibility index (Phi) is 6.43. The average Bonchev–Trinajstić information content (AvgIpc) is 3.25. The summed E-state index contributed by atoms with van der Waals surface area (Å²) in [6.45, 7) is -0.0269. The molecule has 1 N–H and O–H groups in total. The minimum atomic E-state index is -3.64. The van der Waals surface area contributed by atoms with Crippen LogP contribution in [0.4, 0.5) is 0 Å². The number of benzene rings is 1. The molecule has 8 heteroatoms. The third-order valence-electron chi connectivity index (χ3n) is 4.21. The van der Waals surface area contributed by atoms with Crippen LogP contribution < -0.4 is 10.1 Å². The molecular formula is C20H20N2O4S2. The maximum absolute atomic E-state index is 13.1. The summed E-state index contributed by atoms with van der Waals surface area (Å²) in [6, 6.07) is 13.8. The lowest BCUT2D eigenvalue weighted by atomic mass is 10.1. The number of nitrogens with zero attached hydrogens (tertiary/aromatic N) is 1. The SMILES string of the molecule is COc1ccc(CC(=O)NCC(c2cccnc2)S(=O)(=O)c2cccs2)cc1. The van der Waals surface area contributed by atoms with E-state index in [-0.39, 0.29) is 23.1 Å². The largest absolute Gasteiger partial charge is 0.497 e. The molecule has 0 saturated heterocycles. The summed E-state index contributed by atoms with van der Waals surface area (Å²) >= 11 is 1.16. The number of rotatable bonds is 8. The summed E-state index contributed by atoms with van der Waals surface area (Å²) in [5, 5.41) is 3.57. The minimum absolute atomic E-state index is 0.0269. The standard InChI is InChI=1S/C20H20N2O4S2/c1-26-17-8-6-15(7-9-17)12-19(23)22-14-18(16-4-2-10-21-13-16)28(24,25)20-5-3-11-27-20/h2-11,13,18H,12,14H2,1H3,(H,22,23). The van der Waals surface area contributed by atoms with Crippen molar-refractivity contribution in [1.29, 1.82) is 0 Å². The predicted octanol–water partition coefficient (Wildman–Crippen LogP) is 3.03. The maximum atomic E-state index is 13.1. The van der Waals surface area contributed by atoms with Gasteiger partial charge in [-0.25, -0.2) is 8.42 Å². The van der Waals surface area contributed by atoms with Gasteiger partial charge in [-0.1, -0.05) is 24.3 Å². The van der Waals surface area contributed by atoms with Crippen molar-refractivity contribution in [1.82, 2.24) is 10.3 Å². The second kappa shape index (κ2) is 8.99. The molecule has 1 amide bonds. The molecule has 2 heterocycles. The van der Waals surface area contributed by atoms with Gasteiger partial charge >= 0.3 is 0 Å². The third kappa shape index (κ3) is 4.76. The summed E-state index contributed by atoms with van der Waals surface area (Å²) in [5.41, 5.74) is 1.36. The van der Waals surface area contributed by atoms with Crippen molar-refractivity contribution in [3.63, 3.8) is 0 Å². The molecule has 0 spiro atoms. The monoisotopic (exact) mass is 416 g/mol. The minimum Gasteiger partial charge on any atom is -0.497 e. The van der Waals surface area contributed by atoms with Crippen LogP contribution in [0.15, 0.2) is 70.5 Å². The molecule has 1 aromatic carbocycles. The molecule has 0 radical (unpaired) electrons. The van der Waals surface area contributed by atoms with Crippen molar-refractivity contribution in [2.45, 2.75) is 15.9 Å². The van der Waals surface area contributed by atoms with E-state index in [2.05, 4.69) is 10.3 Å². The number of thiophene rings is 1. The summed E-state index contributed by atoms with van der Waals surface area (Å²) in [5.74, 6) is 0.461. The van der Waals surface area contributed by atoms with E-state index in [1.54, 1.807) is 67.2 Å². The smallest absolute Gasteiger partial charge is 0.224 e. The van der Waals surface area contributed by atoms with Crippen LogP contribution >= 0.6 is 11.3 Å². The molecule has 0 bridgehead atoms. The van der Waals surface area contributed by atoms with E-state index in [0.29, 0.717) is 11.3 Å². The van der Waals surface area contributed by atoms with Crippen molar-refractivity contribution in [2.75, 3.05) is 13.7 Å². The fourth-order valence-corrected chi connectivity index (χ4v) is 5.59. The zero-order valence-electron chi connectivity index (χ0n) is 15.2. The Hall–Kier alpha value is -2.71. The molecule has 1 unspecified atom stereocenters. The summed E-state index contributed by atoms with van der Waals surface area (Å²) < 4.78 is 31.5. The van der Waals surface area contributed by atoms with Crippen molar-refractivity contribution < 1.29 is 17.9 Å². The third-order valence-corrected chi connectivity index (χ3v) is 7.75. The number of nitrogens with one attached hydrogen (secondary N) is 1. The second-order valence-electron chi connectivity index (χ2n) is 6.08. The molecule has 0 aliphatic carbocycles. The Bertz CT molecular complexity index is 1000. The van der Waals surface area contributed by atoms with Crippen molar-refractivity contribution >= 4 is 27.1 Å². The van der Waals surface area contributed by atoms with Crippen LogP contribution in [0.1, 0.15) is 16.4 Å². The maximum Gasteiger partial charge on any atom is 0.224 e.